The van der Waals surface area contributed by atoms with Crippen LogP contribution in [0.15, 0.2) is 51.8 Å². The maximum Gasteiger partial charge on any atom is 0.257 e. The highest BCUT2D eigenvalue weighted by molar-refractivity contribution is 5.96. The molecule has 1 aromatic carbocycles. The Labute approximate surface area is 164 Å². The van der Waals surface area contributed by atoms with Crippen LogP contribution < -0.4 is 10.1 Å². The number of benzene rings is 1. The van der Waals surface area contributed by atoms with Crippen LogP contribution in [-0.2, 0) is 12.1 Å². The summed E-state index contributed by atoms with van der Waals surface area (Å²) < 4.78 is 15.9. The Bertz CT molecular complexity index is 1160. The summed E-state index contributed by atoms with van der Waals surface area (Å²) in [6, 6.07) is 8.21. The minimum absolute atomic E-state index is 0.0415. The Kier molecular flexibility index (Phi) is 4.69. The van der Waals surface area contributed by atoms with Crippen molar-refractivity contribution in [3.8, 4) is 11.6 Å². The molecule has 148 valence electrons. The highest BCUT2D eigenvalue weighted by atomic mass is 16.6. The summed E-state index contributed by atoms with van der Waals surface area (Å²) in [5, 5.41) is 20.1. The maximum absolute atomic E-state index is 12.6. The third-order valence-electron chi connectivity index (χ3n) is 4.01. The van der Waals surface area contributed by atoms with Gasteiger partial charge in [0, 0.05) is 12.3 Å². The monoisotopic (exact) mass is 395 g/mol. The standard InChI is InChI=1S/C19H17N5O5/c1-19(2,26)15-9-21-16(28-15)10-22-17(25)12-4-3-7-20-18(12)27-11-5-6-13-14(8-11)24-29-23-13/h3-9,26H,10H2,1-2H3,(H,22,25). The van der Waals surface area contributed by atoms with Gasteiger partial charge in [0.15, 0.2) is 5.76 Å². The molecule has 0 saturated carbocycles. The number of fused-ring (bicyclic) bond motifs is 1. The number of rotatable bonds is 6. The van der Waals surface area contributed by atoms with Crippen molar-refractivity contribution in [3.05, 3.63) is 59.9 Å². The van der Waals surface area contributed by atoms with Gasteiger partial charge in [0.2, 0.25) is 11.8 Å². The van der Waals surface area contributed by atoms with Crippen LogP contribution in [0.3, 0.4) is 0 Å². The molecule has 0 aliphatic carbocycles. The zero-order valence-electron chi connectivity index (χ0n) is 15.6. The number of hydrogen-bond acceptors (Lipinski definition) is 9. The maximum atomic E-state index is 12.6. The Morgan fingerprint density at radius 1 is 1.21 bits per heavy atom. The number of hydrogen-bond donors (Lipinski definition) is 2. The second kappa shape index (κ2) is 7.32. The van der Waals surface area contributed by atoms with Gasteiger partial charge >= 0.3 is 0 Å². The molecule has 0 saturated heterocycles. The van der Waals surface area contributed by atoms with Crippen molar-refractivity contribution < 1.29 is 23.7 Å². The summed E-state index contributed by atoms with van der Waals surface area (Å²) in [6.45, 7) is 3.21. The first-order valence-corrected chi connectivity index (χ1v) is 8.71. The van der Waals surface area contributed by atoms with Crippen molar-refractivity contribution >= 4 is 16.9 Å². The molecule has 10 heteroatoms. The number of ether oxygens (including phenoxy) is 1. The zero-order chi connectivity index (χ0) is 20.4. The van der Waals surface area contributed by atoms with E-state index in [0.717, 1.165) is 0 Å². The van der Waals surface area contributed by atoms with Crippen molar-refractivity contribution in [2.45, 2.75) is 26.0 Å². The number of amides is 1. The van der Waals surface area contributed by atoms with E-state index in [-0.39, 0.29) is 23.9 Å². The Hall–Kier alpha value is -3.79. The van der Waals surface area contributed by atoms with Crippen molar-refractivity contribution in [2.24, 2.45) is 0 Å². The van der Waals surface area contributed by atoms with E-state index in [2.05, 4.69) is 30.2 Å². The number of nitrogens with one attached hydrogen (secondary N) is 1. The van der Waals surface area contributed by atoms with Crippen LogP contribution in [0.4, 0.5) is 0 Å². The molecule has 4 rings (SSSR count). The van der Waals surface area contributed by atoms with Crippen LogP contribution in [-0.4, -0.2) is 31.3 Å². The van der Waals surface area contributed by atoms with Gasteiger partial charge in [0.25, 0.3) is 5.91 Å². The molecule has 0 fully saturated rings. The van der Waals surface area contributed by atoms with E-state index in [0.29, 0.717) is 22.5 Å². The lowest BCUT2D eigenvalue weighted by Gasteiger charge is -2.12. The highest BCUT2D eigenvalue weighted by Gasteiger charge is 2.22. The predicted molar refractivity (Wildman–Crippen MR) is 99.0 cm³/mol. The Balaban J connectivity index is 1.48. The van der Waals surface area contributed by atoms with Crippen LogP contribution in [0, 0.1) is 0 Å². The van der Waals surface area contributed by atoms with E-state index >= 15 is 0 Å². The second-order valence-electron chi connectivity index (χ2n) is 6.73. The first-order valence-electron chi connectivity index (χ1n) is 8.71. The van der Waals surface area contributed by atoms with E-state index in [9.17, 15) is 9.90 Å². The van der Waals surface area contributed by atoms with E-state index in [4.69, 9.17) is 9.15 Å². The summed E-state index contributed by atoms with van der Waals surface area (Å²) >= 11 is 0. The lowest BCUT2D eigenvalue weighted by Crippen LogP contribution is -2.23. The first kappa shape index (κ1) is 18.6. The second-order valence-corrected chi connectivity index (χ2v) is 6.73. The Morgan fingerprint density at radius 2 is 2.03 bits per heavy atom. The number of pyridine rings is 1. The van der Waals surface area contributed by atoms with E-state index in [1.807, 2.05) is 0 Å². The van der Waals surface area contributed by atoms with Crippen molar-refractivity contribution in [3.63, 3.8) is 0 Å². The fourth-order valence-electron chi connectivity index (χ4n) is 2.51. The molecule has 10 nitrogen and oxygen atoms in total. The minimum atomic E-state index is -1.15. The summed E-state index contributed by atoms with van der Waals surface area (Å²) in [5.74, 6) is 0.727. The molecule has 2 N–H and O–H groups in total. The normalized spacial score (nSPS) is 11.6. The first-order chi connectivity index (χ1) is 13.9. The third kappa shape index (κ3) is 4.06. The quantitative estimate of drug-likeness (QED) is 0.504. The molecule has 0 atom stereocenters. The number of aromatic nitrogens is 4. The molecule has 0 radical (unpaired) electrons. The van der Waals surface area contributed by atoms with Crippen molar-refractivity contribution in [1.29, 1.82) is 0 Å². The van der Waals surface area contributed by atoms with Gasteiger partial charge in [-0.15, -0.1) is 0 Å². The molecule has 0 aliphatic rings. The topological polar surface area (TPSA) is 136 Å². The van der Waals surface area contributed by atoms with Gasteiger partial charge in [-0.3, -0.25) is 4.79 Å². The number of carbonyl (C=O) groups is 1. The predicted octanol–water partition coefficient (Wildman–Crippen LogP) is 2.56. The van der Waals surface area contributed by atoms with Gasteiger partial charge in [-0.2, -0.15) is 0 Å². The lowest BCUT2D eigenvalue weighted by molar-refractivity contribution is 0.0527. The number of aliphatic hydroxyl groups is 1. The van der Waals surface area contributed by atoms with Crippen molar-refractivity contribution in [2.75, 3.05) is 0 Å². The smallest absolute Gasteiger partial charge is 0.257 e. The van der Waals surface area contributed by atoms with Gasteiger partial charge in [-0.1, -0.05) is 0 Å². The molecule has 0 aliphatic heterocycles. The molecule has 0 unspecified atom stereocenters. The molecule has 3 heterocycles. The van der Waals surface area contributed by atoms with Crippen molar-refractivity contribution in [1.82, 2.24) is 25.6 Å². The molecule has 29 heavy (non-hydrogen) atoms. The van der Waals surface area contributed by atoms with E-state index in [1.165, 1.54) is 12.4 Å². The molecule has 0 spiro atoms. The van der Waals surface area contributed by atoms with Crippen LogP contribution in [0.1, 0.15) is 35.9 Å². The van der Waals surface area contributed by atoms with Gasteiger partial charge in [0.1, 0.15) is 27.9 Å². The van der Waals surface area contributed by atoms with Gasteiger partial charge in [0.05, 0.1) is 12.7 Å². The van der Waals surface area contributed by atoms with Gasteiger partial charge < -0.3 is 19.6 Å². The molecule has 3 aromatic heterocycles. The lowest BCUT2D eigenvalue weighted by atomic mass is 10.1. The zero-order valence-corrected chi connectivity index (χ0v) is 15.6. The average Bonchev–Trinajstić information content (AvgIpc) is 3.35. The van der Waals surface area contributed by atoms with Crippen LogP contribution in [0.25, 0.3) is 11.0 Å². The SMILES string of the molecule is CC(C)(O)c1cnc(CNC(=O)c2cccnc2Oc2ccc3nonc3c2)o1. The Morgan fingerprint density at radius 3 is 2.83 bits per heavy atom. The molecular formula is C19H17N5O5. The fourth-order valence-corrected chi connectivity index (χ4v) is 2.51. The molecule has 0 bridgehead atoms. The van der Waals surface area contributed by atoms with Crippen LogP contribution in [0.2, 0.25) is 0 Å². The number of carbonyl (C=O) groups excluding carboxylic acids is 1. The summed E-state index contributed by atoms with van der Waals surface area (Å²) in [5.41, 5.74) is 0.198. The fraction of sp³-hybridized carbons (Fsp3) is 0.211. The van der Waals surface area contributed by atoms with Gasteiger partial charge in [-0.05, 0) is 48.4 Å². The summed E-state index contributed by atoms with van der Waals surface area (Å²) in [4.78, 5) is 20.8. The largest absolute Gasteiger partial charge is 0.441 e. The third-order valence-corrected chi connectivity index (χ3v) is 4.01. The minimum Gasteiger partial charge on any atom is -0.441 e. The molecule has 1 amide bonds. The number of oxazole rings is 1. The van der Waals surface area contributed by atoms with E-state index in [1.54, 1.807) is 44.2 Å². The molecular weight excluding hydrogens is 378 g/mol. The van der Waals surface area contributed by atoms with E-state index < -0.39 is 11.5 Å². The molecule has 4 aromatic rings. The van der Waals surface area contributed by atoms with Gasteiger partial charge in [-0.25, -0.2) is 14.6 Å². The highest BCUT2D eigenvalue weighted by Crippen LogP contribution is 2.25. The summed E-state index contributed by atoms with van der Waals surface area (Å²) in [6.07, 6.45) is 2.95. The summed E-state index contributed by atoms with van der Waals surface area (Å²) in [7, 11) is 0. The average molecular weight is 395 g/mol. The van der Waals surface area contributed by atoms with Crippen LogP contribution >= 0.6 is 0 Å². The number of nitrogens with zero attached hydrogens (tertiary/aromatic N) is 4. The van der Waals surface area contributed by atoms with Crippen LogP contribution in [0.5, 0.6) is 11.6 Å².